The van der Waals surface area contributed by atoms with Gasteiger partial charge in [0, 0.05) is 31.3 Å². The molecule has 1 atom stereocenters. The first-order valence-corrected chi connectivity index (χ1v) is 7.98. The topological polar surface area (TPSA) is 87.5 Å². The molecule has 0 saturated carbocycles. The lowest BCUT2D eigenvalue weighted by atomic mass is 10.1. The Kier molecular flexibility index (Phi) is 4.90. The second-order valence-corrected chi connectivity index (χ2v) is 5.77. The van der Waals surface area contributed by atoms with Gasteiger partial charge < -0.3 is 15.3 Å². The Labute approximate surface area is 139 Å². The average Bonchev–Trinajstić information content (AvgIpc) is 3.04. The maximum Gasteiger partial charge on any atom is 0.317 e. The number of carbonyl (C=O) groups is 1. The van der Waals surface area contributed by atoms with Crippen LogP contribution < -0.4 is 10.9 Å². The summed E-state index contributed by atoms with van der Waals surface area (Å²) in [6.45, 7) is 1.50. The van der Waals surface area contributed by atoms with Gasteiger partial charge in [0.2, 0.25) is 0 Å². The number of nitrogens with zero attached hydrogens (tertiary/aromatic N) is 3. The zero-order valence-electron chi connectivity index (χ0n) is 13.3. The van der Waals surface area contributed by atoms with Gasteiger partial charge in [0.1, 0.15) is 0 Å². The number of urea groups is 1. The lowest BCUT2D eigenvalue weighted by molar-refractivity contribution is 0.171. The minimum absolute atomic E-state index is 0.208. The van der Waals surface area contributed by atoms with Crippen molar-refractivity contribution in [3.63, 3.8) is 0 Å². The van der Waals surface area contributed by atoms with Gasteiger partial charge in [-0.15, -0.1) is 0 Å². The maximum absolute atomic E-state index is 12.0. The predicted octanol–water partition coefficient (Wildman–Crippen LogP) is 0.686. The highest BCUT2D eigenvalue weighted by atomic mass is 16.3. The molecule has 1 aromatic heterocycles. The van der Waals surface area contributed by atoms with E-state index in [0.717, 1.165) is 5.56 Å². The van der Waals surface area contributed by atoms with E-state index in [1.165, 1.54) is 10.7 Å². The predicted molar refractivity (Wildman–Crippen MR) is 89.5 cm³/mol. The fraction of sp³-hybridized carbons (Fsp3) is 0.353. The highest BCUT2D eigenvalue weighted by Crippen LogP contribution is 2.13. The van der Waals surface area contributed by atoms with Crippen LogP contribution in [0.3, 0.4) is 0 Å². The first-order chi connectivity index (χ1) is 11.6. The molecule has 1 saturated heterocycles. The molecule has 7 nitrogen and oxygen atoms in total. The summed E-state index contributed by atoms with van der Waals surface area (Å²) in [5.74, 6) is 0. The maximum atomic E-state index is 12.0. The average molecular weight is 328 g/mol. The highest BCUT2D eigenvalue weighted by Gasteiger charge is 2.23. The number of amides is 2. The summed E-state index contributed by atoms with van der Waals surface area (Å²) in [7, 11) is 0. The second kappa shape index (κ2) is 7.27. The summed E-state index contributed by atoms with van der Waals surface area (Å²) < 4.78 is 1.35. The van der Waals surface area contributed by atoms with Crippen molar-refractivity contribution in [2.24, 2.45) is 0 Å². The first-order valence-electron chi connectivity index (χ1n) is 7.98. The molecular formula is C17H20N4O3. The Balaban J connectivity index is 1.61. The zero-order valence-corrected chi connectivity index (χ0v) is 13.3. The molecule has 0 radical (unpaired) electrons. The number of rotatable bonds is 4. The normalized spacial score (nSPS) is 17.0. The third kappa shape index (κ3) is 3.80. The van der Waals surface area contributed by atoms with Gasteiger partial charge in [-0.3, -0.25) is 4.79 Å². The van der Waals surface area contributed by atoms with Crippen LogP contribution in [-0.4, -0.2) is 51.6 Å². The lowest BCUT2D eigenvalue weighted by Crippen LogP contribution is -2.41. The van der Waals surface area contributed by atoms with Gasteiger partial charge >= 0.3 is 6.03 Å². The summed E-state index contributed by atoms with van der Waals surface area (Å²) in [6.07, 6.45) is 0.163. The van der Waals surface area contributed by atoms with Crippen molar-refractivity contribution in [1.82, 2.24) is 20.0 Å². The van der Waals surface area contributed by atoms with Crippen molar-refractivity contribution in [3.8, 4) is 11.3 Å². The number of aromatic nitrogens is 2. The number of nitrogens with one attached hydrogen (secondary N) is 1. The van der Waals surface area contributed by atoms with Crippen molar-refractivity contribution in [1.29, 1.82) is 0 Å². The first kappa shape index (κ1) is 16.2. The van der Waals surface area contributed by atoms with Crippen molar-refractivity contribution in [2.45, 2.75) is 19.1 Å². The van der Waals surface area contributed by atoms with E-state index < -0.39 is 6.10 Å². The number of hydrogen-bond donors (Lipinski definition) is 2. The van der Waals surface area contributed by atoms with Crippen LogP contribution in [0.1, 0.15) is 6.42 Å². The third-order valence-corrected chi connectivity index (χ3v) is 3.99. The third-order valence-electron chi connectivity index (χ3n) is 3.99. The van der Waals surface area contributed by atoms with Crippen LogP contribution in [0.15, 0.2) is 47.3 Å². The van der Waals surface area contributed by atoms with Crippen molar-refractivity contribution in [3.05, 3.63) is 52.8 Å². The molecule has 1 aliphatic rings. The Morgan fingerprint density at radius 1 is 1.25 bits per heavy atom. The fourth-order valence-corrected chi connectivity index (χ4v) is 2.68. The summed E-state index contributed by atoms with van der Waals surface area (Å²) in [5, 5.41) is 16.6. The largest absolute Gasteiger partial charge is 0.391 e. The monoisotopic (exact) mass is 328 g/mol. The molecule has 3 rings (SSSR count). The SMILES string of the molecule is O=C(NCCn1nc(-c2ccccc2)ccc1=O)N1CCC(O)C1. The van der Waals surface area contributed by atoms with Crippen LogP contribution in [-0.2, 0) is 6.54 Å². The Bertz CT molecular complexity index is 760. The molecule has 2 N–H and O–H groups in total. The molecule has 2 aromatic rings. The van der Waals surface area contributed by atoms with E-state index in [1.54, 1.807) is 11.0 Å². The molecule has 1 fully saturated rings. The number of benzene rings is 1. The van der Waals surface area contributed by atoms with Crippen LogP contribution in [0, 0.1) is 0 Å². The van der Waals surface area contributed by atoms with Gasteiger partial charge in [-0.1, -0.05) is 30.3 Å². The van der Waals surface area contributed by atoms with Crippen molar-refractivity contribution >= 4 is 6.03 Å². The molecule has 0 aliphatic carbocycles. The number of β-amino-alcohol motifs (C(OH)–C–C–N with tert-alkyl or cyclic N) is 1. The number of aliphatic hydroxyl groups excluding tert-OH is 1. The molecule has 126 valence electrons. The summed E-state index contributed by atoms with van der Waals surface area (Å²) >= 11 is 0. The van der Waals surface area contributed by atoms with Crippen LogP contribution in [0.5, 0.6) is 0 Å². The van der Waals surface area contributed by atoms with Crippen LogP contribution in [0.4, 0.5) is 4.79 Å². The van der Waals surface area contributed by atoms with E-state index in [9.17, 15) is 14.7 Å². The number of hydrogen-bond acceptors (Lipinski definition) is 4. The van der Waals surface area contributed by atoms with Gasteiger partial charge in [0.25, 0.3) is 5.56 Å². The van der Waals surface area contributed by atoms with Crippen LogP contribution in [0.2, 0.25) is 0 Å². The molecule has 1 aromatic carbocycles. The molecule has 1 unspecified atom stereocenters. The summed E-state index contributed by atoms with van der Waals surface area (Å²) in [5.41, 5.74) is 1.44. The Morgan fingerprint density at radius 3 is 2.75 bits per heavy atom. The van der Waals surface area contributed by atoms with Gasteiger partial charge in [-0.2, -0.15) is 5.10 Å². The molecule has 1 aliphatic heterocycles. The quantitative estimate of drug-likeness (QED) is 0.864. The van der Waals surface area contributed by atoms with E-state index in [2.05, 4.69) is 10.4 Å². The molecular weight excluding hydrogens is 308 g/mol. The van der Waals surface area contributed by atoms with Gasteiger partial charge in [0.15, 0.2) is 0 Å². The second-order valence-electron chi connectivity index (χ2n) is 5.77. The smallest absolute Gasteiger partial charge is 0.317 e. The van der Waals surface area contributed by atoms with E-state index in [1.807, 2.05) is 30.3 Å². The molecule has 7 heteroatoms. The lowest BCUT2D eigenvalue weighted by Gasteiger charge is -2.16. The van der Waals surface area contributed by atoms with E-state index in [0.29, 0.717) is 38.3 Å². The fourth-order valence-electron chi connectivity index (χ4n) is 2.68. The van der Waals surface area contributed by atoms with E-state index in [-0.39, 0.29) is 11.6 Å². The number of aliphatic hydroxyl groups is 1. The summed E-state index contributed by atoms with van der Waals surface area (Å²) in [6, 6.07) is 12.6. The standard InChI is InChI=1S/C17H20N4O3/c22-14-8-10-20(12-14)17(24)18-9-11-21-16(23)7-6-15(19-21)13-4-2-1-3-5-13/h1-7,14,22H,8-12H2,(H,18,24). The van der Waals surface area contributed by atoms with E-state index >= 15 is 0 Å². The van der Waals surface area contributed by atoms with E-state index in [4.69, 9.17) is 0 Å². The molecule has 24 heavy (non-hydrogen) atoms. The molecule has 0 bridgehead atoms. The molecule has 2 heterocycles. The minimum Gasteiger partial charge on any atom is -0.391 e. The van der Waals surface area contributed by atoms with Crippen LogP contribution >= 0.6 is 0 Å². The number of likely N-dealkylation sites (tertiary alicyclic amines) is 1. The minimum atomic E-state index is -0.442. The molecule has 2 amide bonds. The highest BCUT2D eigenvalue weighted by molar-refractivity contribution is 5.74. The van der Waals surface area contributed by atoms with Gasteiger partial charge in [0.05, 0.1) is 18.3 Å². The number of carbonyl (C=O) groups excluding carboxylic acids is 1. The Morgan fingerprint density at radius 2 is 2.04 bits per heavy atom. The van der Waals surface area contributed by atoms with Gasteiger partial charge in [-0.25, -0.2) is 9.48 Å². The Hall–Kier alpha value is -2.67. The zero-order chi connectivity index (χ0) is 16.9. The van der Waals surface area contributed by atoms with Crippen LogP contribution in [0.25, 0.3) is 11.3 Å². The van der Waals surface area contributed by atoms with Crippen molar-refractivity contribution in [2.75, 3.05) is 19.6 Å². The van der Waals surface area contributed by atoms with Gasteiger partial charge in [-0.05, 0) is 12.5 Å². The summed E-state index contributed by atoms with van der Waals surface area (Å²) in [4.78, 5) is 25.4. The van der Waals surface area contributed by atoms with Crippen molar-refractivity contribution < 1.29 is 9.90 Å². The molecule has 0 spiro atoms.